The minimum Gasteiger partial charge on any atom is -0.310 e. The second-order valence-corrected chi connectivity index (χ2v) is 5.27. The molecule has 0 radical (unpaired) electrons. The summed E-state index contributed by atoms with van der Waals surface area (Å²) in [5.74, 6) is 0.880. The second-order valence-electron chi connectivity index (χ2n) is 5.27. The van der Waals surface area contributed by atoms with Gasteiger partial charge in [-0.1, -0.05) is 19.3 Å². The van der Waals surface area contributed by atoms with Crippen LogP contribution in [0.5, 0.6) is 0 Å². The molecule has 0 aromatic carbocycles. The number of nitrogens with zero attached hydrogens (tertiary/aromatic N) is 2. The summed E-state index contributed by atoms with van der Waals surface area (Å²) in [4.78, 5) is 0. The maximum absolute atomic E-state index is 4.30. The van der Waals surface area contributed by atoms with Gasteiger partial charge in [0.2, 0.25) is 0 Å². The van der Waals surface area contributed by atoms with Crippen molar-refractivity contribution in [1.29, 1.82) is 0 Å². The topological polar surface area (TPSA) is 29.9 Å². The fourth-order valence-corrected chi connectivity index (χ4v) is 2.75. The van der Waals surface area contributed by atoms with Crippen molar-refractivity contribution in [2.75, 3.05) is 0 Å². The molecule has 1 unspecified atom stereocenters. The summed E-state index contributed by atoms with van der Waals surface area (Å²) < 4.78 is 1.99. The summed E-state index contributed by atoms with van der Waals surface area (Å²) in [5.41, 5.74) is 1.30. The van der Waals surface area contributed by atoms with Crippen molar-refractivity contribution < 1.29 is 0 Å². The predicted octanol–water partition coefficient (Wildman–Crippen LogP) is 2.96. The van der Waals surface area contributed by atoms with Gasteiger partial charge in [0.25, 0.3) is 0 Å². The number of nitrogens with one attached hydrogen (secondary N) is 1. The molecule has 0 amide bonds. The lowest BCUT2D eigenvalue weighted by Crippen LogP contribution is -2.34. The van der Waals surface area contributed by atoms with Crippen molar-refractivity contribution in [3.05, 3.63) is 18.0 Å². The molecule has 3 heteroatoms. The van der Waals surface area contributed by atoms with Crippen LogP contribution in [-0.4, -0.2) is 15.8 Å². The van der Waals surface area contributed by atoms with E-state index in [1.165, 1.54) is 37.7 Å². The first-order chi connectivity index (χ1) is 8.29. The summed E-state index contributed by atoms with van der Waals surface area (Å²) >= 11 is 0. The van der Waals surface area contributed by atoms with Gasteiger partial charge in [0.1, 0.15) is 0 Å². The molecule has 2 rings (SSSR count). The highest BCUT2D eigenvalue weighted by atomic mass is 15.3. The molecule has 0 saturated heterocycles. The van der Waals surface area contributed by atoms with E-state index >= 15 is 0 Å². The molecule has 1 atom stereocenters. The largest absolute Gasteiger partial charge is 0.310 e. The summed E-state index contributed by atoms with van der Waals surface area (Å²) in [6.07, 6.45) is 11.2. The van der Waals surface area contributed by atoms with Crippen LogP contribution >= 0.6 is 0 Å². The van der Waals surface area contributed by atoms with E-state index in [9.17, 15) is 0 Å². The first-order valence-electron chi connectivity index (χ1n) is 7.04. The van der Waals surface area contributed by atoms with Gasteiger partial charge < -0.3 is 5.32 Å². The SMILES string of the molecule is CCn1cc(CNC(C)C2CCCCC2)cn1. The quantitative estimate of drug-likeness (QED) is 0.850. The highest BCUT2D eigenvalue weighted by Gasteiger charge is 2.19. The molecule has 1 aromatic heterocycles. The highest BCUT2D eigenvalue weighted by Crippen LogP contribution is 2.26. The predicted molar refractivity (Wildman–Crippen MR) is 70.8 cm³/mol. The van der Waals surface area contributed by atoms with Crippen LogP contribution < -0.4 is 5.32 Å². The lowest BCUT2D eigenvalue weighted by molar-refractivity contribution is 0.280. The van der Waals surface area contributed by atoms with Gasteiger partial charge in [0.05, 0.1) is 6.20 Å². The molecule has 96 valence electrons. The maximum Gasteiger partial charge on any atom is 0.0534 e. The van der Waals surface area contributed by atoms with Gasteiger partial charge in [-0.15, -0.1) is 0 Å². The van der Waals surface area contributed by atoms with E-state index in [4.69, 9.17) is 0 Å². The van der Waals surface area contributed by atoms with E-state index in [2.05, 4.69) is 30.5 Å². The standard InChI is InChI=1S/C14H25N3/c1-3-17-11-13(10-16-17)9-15-12(2)14-7-5-4-6-8-14/h10-12,14-15H,3-9H2,1-2H3. The summed E-state index contributed by atoms with van der Waals surface area (Å²) in [5, 5.41) is 7.95. The van der Waals surface area contributed by atoms with Gasteiger partial charge in [-0.25, -0.2) is 0 Å². The van der Waals surface area contributed by atoms with E-state index in [0.717, 1.165) is 19.0 Å². The third kappa shape index (κ3) is 3.56. The third-order valence-corrected chi connectivity index (χ3v) is 4.00. The van der Waals surface area contributed by atoms with Crippen molar-refractivity contribution in [2.45, 2.75) is 65.1 Å². The molecule has 0 aliphatic heterocycles. The van der Waals surface area contributed by atoms with Crippen LogP contribution in [0.25, 0.3) is 0 Å². The molecule has 1 fully saturated rings. The van der Waals surface area contributed by atoms with Crippen molar-refractivity contribution >= 4 is 0 Å². The highest BCUT2D eigenvalue weighted by molar-refractivity contribution is 5.03. The summed E-state index contributed by atoms with van der Waals surface area (Å²) in [6.45, 7) is 6.37. The second kappa shape index (κ2) is 6.20. The maximum atomic E-state index is 4.30. The monoisotopic (exact) mass is 235 g/mol. The molecule has 3 nitrogen and oxygen atoms in total. The van der Waals surface area contributed by atoms with Gasteiger partial charge in [0, 0.05) is 30.9 Å². The van der Waals surface area contributed by atoms with E-state index < -0.39 is 0 Å². The van der Waals surface area contributed by atoms with Gasteiger partial charge in [-0.2, -0.15) is 5.10 Å². The Morgan fingerprint density at radius 2 is 2.18 bits per heavy atom. The average Bonchev–Trinajstić information content (AvgIpc) is 2.85. The molecule has 17 heavy (non-hydrogen) atoms. The van der Waals surface area contributed by atoms with E-state index in [1.54, 1.807) is 0 Å². The van der Waals surface area contributed by atoms with Crippen LogP contribution in [0, 0.1) is 5.92 Å². The normalized spacial score (nSPS) is 19.4. The Balaban J connectivity index is 1.76. The van der Waals surface area contributed by atoms with Crippen molar-refractivity contribution in [3.8, 4) is 0 Å². The first kappa shape index (κ1) is 12.6. The molecule has 1 aromatic rings. The fourth-order valence-electron chi connectivity index (χ4n) is 2.75. The molecule has 0 bridgehead atoms. The van der Waals surface area contributed by atoms with Crippen LogP contribution in [0.1, 0.15) is 51.5 Å². The number of aryl methyl sites for hydroxylation is 1. The number of aromatic nitrogens is 2. The Morgan fingerprint density at radius 1 is 1.41 bits per heavy atom. The van der Waals surface area contributed by atoms with Crippen LogP contribution in [-0.2, 0) is 13.1 Å². The Hall–Kier alpha value is -0.830. The van der Waals surface area contributed by atoms with Crippen LogP contribution in [0.15, 0.2) is 12.4 Å². The lowest BCUT2D eigenvalue weighted by Gasteiger charge is -2.28. The smallest absolute Gasteiger partial charge is 0.0534 e. The molecular formula is C14H25N3. The lowest BCUT2D eigenvalue weighted by atomic mass is 9.84. The van der Waals surface area contributed by atoms with Gasteiger partial charge in [0.15, 0.2) is 0 Å². The molecular weight excluding hydrogens is 210 g/mol. The molecule has 1 heterocycles. The van der Waals surface area contributed by atoms with Crippen molar-refractivity contribution in [3.63, 3.8) is 0 Å². The minimum atomic E-state index is 0.639. The van der Waals surface area contributed by atoms with E-state index in [0.29, 0.717) is 6.04 Å². The number of hydrogen-bond donors (Lipinski definition) is 1. The van der Waals surface area contributed by atoms with Crippen LogP contribution in [0.2, 0.25) is 0 Å². The Kier molecular flexibility index (Phi) is 4.60. The summed E-state index contributed by atoms with van der Waals surface area (Å²) in [6, 6.07) is 0.639. The Labute approximate surface area is 105 Å². The van der Waals surface area contributed by atoms with Crippen LogP contribution in [0.3, 0.4) is 0 Å². The number of hydrogen-bond acceptors (Lipinski definition) is 2. The Morgan fingerprint density at radius 3 is 2.82 bits per heavy atom. The molecule has 1 aliphatic rings. The molecule has 0 spiro atoms. The van der Waals surface area contributed by atoms with Gasteiger partial charge in [-0.05, 0) is 32.6 Å². The van der Waals surface area contributed by atoms with E-state index in [-0.39, 0.29) is 0 Å². The number of rotatable bonds is 5. The zero-order valence-electron chi connectivity index (χ0n) is 11.2. The summed E-state index contributed by atoms with van der Waals surface area (Å²) in [7, 11) is 0. The average molecular weight is 235 g/mol. The van der Waals surface area contributed by atoms with Crippen LogP contribution in [0.4, 0.5) is 0 Å². The molecule has 1 N–H and O–H groups in total. The zero-order chi connectivity index (χ0) is 12.1. The zero-order valence-corrected chi connectivity index (χ0v) is 11.2. The first-order valence-corrected chi connectivity index (χ1v) is 7.04. The van der Waals surface area contributed by atoms with Crippen molar-refractivity contribution in [1.82, 2.24) is 15.1 Å². The van der Waals surface area contributed by atoms with Gasteiger partial charge in [-0.3, -0.25) is 4.68 Å². The molecule has 1 saturated carbocycles. The Bertz CT molecular complexity index is 326. The molecule has 1 aliphatic carbocycles. The fraction of sp³-hybridized carbons (Fsp3) is 0.786. The minimum absolute atomic E-state index is 0.639. The van der Waals surface area contributed by atoms with Crippen molar-refractivity contribution in [2.24, 2.45) is 5.92 Å². The van der Waals surface area contributed by atoms with Gasteiger partial charge >= 0.3 is 0 Å². The third-order valence-electron chi connectivity index (χ3n) is 4.00. The van der Waals surface area contributed by atoms with E-state index in [1.807, 2.05) is 10.9 Å².